The van der Waals surface area contributed by atoms with Crippen LogP contribution in [-0.4, -0.2) is 55.6 Å². The fraction of sp³-hybridized carbons (Fsp3) is 0.409. The van der Waals surface area contributed by atoms with Gasteiger partial charge in [-0.3, -0.25) is 4.90 Å². The molecule has 0 radical (unpaired) electrons. The molecule has 2 aromatic carbocycles. The summed E-state index contributed by atoms with van der Waals surface area (Å²) in [6.45, 7) is 9.44. The Kier molecular flexibility index (Phi) is 9.69. The molecule has 7 heteroatoms. The molecule has 0 bridgehead atoms. The first-order valence-electron chi connectivity index (χ1n) is 9.90. The molecule has 0 aliphatic carbocycles. The average Bonchev–Trinajstić information content (AvgIpc) is 2.74. The molecule has 3 rings (SSSR count). The molecule has 0 aromatic heterocycles. The zero-order valence-electron chi connectivity index (χ0n) is 17.3. The highest BCUT2D eigenvalue weighted by atomic mass is 127. The van der Waals surface area contributed by atoms with Crippen LogP contribution in [0, 0.1) is 0 Å². The molecule has 2 aromatic rings. The van der Waals surface area contributed by atoms with Gasteiger partial charge >= 0.3 is 0 Å². The van der Waals surface area contributed by atoms with E-state index >= 15 is 0 Å². The van der Waals surface area contributed by atoms with Crippen molar-refractivity contribution in [1.29, 1.82) is 0 Å². The van der Waals surface area contributed by atoms with Crippen molar-refractivity contribution in [1.82, 2.24) is 9.80 Å². The smallest absolute Gasteiger partial charge is 0.193 e. The van der Waals surface area contributed by atoms with Crippen LogP contribution >= 0.6 is 24.0 Å². The number of nitrogens with two attached hydrogens (primary N) is 1. The summed E-state index contributed by atoms with van der Waals surface area (Å²) < 4.78 is 5.17. The number of hydrogen-bond donors (Lipinski definition) is 2. The van der Waals surface area contributed by atoms with Crippen molar-refractivity contribution in [3.63, 3.8) is 0 Å². The fourth-order valence-corrected chi connectivity index (χ4v) is 3.40. The van der Waals surface area contributed by atoms with E-state index in [0.717, 1.165) is 50.7 Å². The fourth-order valence-electron chi connectivity index (χ4n) is 3.40. The number of nitrogens with one attached hydrogen (secondary N) is 1. The van der Waals surface area contributed by atoms with Gasteiger partial charge in [0.2, 0.25) is 0 Å². The van der Waals surface area contributed by atoms with Gasteiger partial charge in [-0.1, -0.05) is 31.2 Å². The quantitative estimate of drug-likeness (QED) is 0.341. The van der Waals surface area contributed by atoms with Crippen LogP contribution in [0.25, 0.3) is 0 Å². The lowest BCUT2D eigenvalue weighted by Crippen LogP contribution is -2.45. The average molecular weight is 509 g/mol. The van der Waals surface area contributed by atoms with Crippen molar-refractivity contribution >= 4 is 35.6 Å². The Morgan fingerprint density at radius 3 is 2.24 bits per heavy atom. The van der Waals surface area contributed by atoms with E-state index in [0.29, 0.717) is 12.5 Å². The third-order valence-corrected chi connectivity index (χ3v) is 5.21. The molecule has 0 amide bonds. The van der Waals surface area contributed by atoms with Gasteiger partial charge < -0.3 is 20.7 Å². The van der Waals surface area contributed by atoms with E-state index in [1.807, 2.05) is 24.3 Å². The van der Waals surface area contributed by atoms with Crippen LogP contribution < -0.4 is 15.8 Å². The minimum absolute atomic E-state index is 0. The molecule has 0 unspecified atom stereocenters. The van der Waals surface area contributed by atoms with Crippen LogP contribution in [0.3, 0.4) is 0 Å². The summed E-state index contributed by atoms with van der Waals surface area (Å²) in [5.41, 5.74) is 9.52. The second-order valence-corrected chi connectivity index (χ2v) is 7.03. The van der Waals surface area contributed by atoms with Gasteiger partial charge in [0.05, 0.1) is 13.7 Å². The normalized spacial score (nSPS) is 15.6. The van der Waals surface area contributed by atoms with Crippen molar-refractivity contribution in [3.8, 4) is 5.75 Å². The molecular formula is C22H32IN5O. The Balaban J connectivity index is 0.00000300. The molecule has 0 spiro atoms. The van der Waals surface area contributed by atoms with Gasteiger partial charge in [-0.05, 0) is 41.9 Å². The number of aliphatic imine (C=N–C) groups is 1. The maximum absolute atomic E-state index is 6.08. The number of nitrogens with zero attached hydrogens (tertiary/aromatic N) is 3. The van der Waals surface area contributed by atoms with E-state index in [4.69, 9.17) is 10.5 Å². The number of halogens is 1. The number of hydrogen-bond acceptors (Lipinski definition) is 4. The predicted octanol–water partition coefficient (Wildman–Crippen LogP) is 3.38. The Hall–Kier alpha value is -1.84. The van der Waals surface area contributed by atoms with Crippen LogP contribution in [-0.2, 0) is 13.1 Å². The monoisotopic (exact) mass is 509 g/mol. The molecule has 1 aliphatic rings. The maximum Gasteiger partial charge on any atom is 0.193 e. The summed E-state index contributed by atoms with van der Waals surface area (Å²) >= 11 is 0. The largest absolute Gasteiger partial charge is 0.497 e. The SMILES string of the molecule is CCN1CCN(Cc2ccccc2CN=C(N)Nc2ccc(OC)cc2)CC1.I. The van der Waals surface area contributed by atoms with Crippen molar-refractivity contribution in [2.75, 3.05) is 45.2 Å². The van der Waals surface area contributed by atoms with Gasteiger partial charge in [-0.25, -0.2) is 4.99 Å². The zero-order valence-corrected chi connectivity index (χ0v) is 19.6. The van der Waals surface area contributed by atoms with Gasteiger partial charge in [-0.15, -0.1) is 24.0 Å². The van der Waals surface area contributed by atoms with Crippen molar-refractivity contribution in [2.24, 2.45) is 10.7 Å². The lowest BCUT2D eigenvalue weighted by molar-refractivity contribution is 0.131. The number of likely N-dealkylation sites (N-methyl/N-ethyl adjacent to an activating group) is 1. The Labute approximate surface area is 191 Å². The number of piperazine rings is 1. The minimum Gasteiger partial charge on any atom is -0.497 e. The summed E-state index contributed by atoms with van der Waals surface area (Å²) in [7, 11) is 1.65. The van der Waals surface area contributed by atoms with E-state index in [-0.39, 0.29) is 24.0 Å². The van der Waals surface area contributed by atoms with Crippen molar-refractivity contribution < 1.29 is 4.74 Å². The molecule has 1 fully saturated rings. The highest BCUT2D eigenvalue weighted by Crippen LogP contribution is 2.16. The van der Waals surface area contributed by atoms with E-state index in [1.54, 1.807) is 7.11 Å². The molecule has 0 saturated carbocycles. The van der Waals surface area contributed by atoms with Gasteiger partial charge in [0.15, 0.2) is 5.96 Å². The van der Waals surface area contributed by atoms with Crippen LogP contribution in [0.5, 0.6) is 5.75 Å². The Bertz CT molecular complexity index is 773. The number of ether oxygens (including phenoxy) is 1. The van der Waals surface area contributed by atoms with Gasteiger partial charge in [0.25, 0.3) is 0 Å². The number of anilines is 1. The molecule has 1 saturated heterocycles. The summed E-state index contributed by atoms with van der Waals surface area (Å²) in [5, 5.41) is 3.13. The number of guanidine groups is 1. The van der Waals surface area contributed by atoms with Crippen LogP contribution in [0.2, 0.25) is 0 Å². The van der Waals surface area contributed by atoms with Gasteiger partial charge in [0, 0.05) is 38.4 Å². The van der Waals surface area contributed by atoms with Crippen LogP contribution in [0.1, 0.15) is 18.1 Å². The molecule has 158 valence electrons. The van der Waals surface area contributed by atoms with Gasteiger partial charge in [-0.2, -0.15) is 0 Å². The number of benzene rings is 2. The summed E-state index contributed by atoms with van der Waals surface area (Å²) in [5.74, 6) is 1.23. The first kappa shape index (κ1) is 23.4. The summed E-state index contributed by atoms with van der Waals surface area (Å²) in [6, 6.07) is 16.1. The van der Waals surface area contributed by atoms with Crippen LogP contribution in [0.15, 0.2) is 53.5 Å². The molecule has 29 heavy (non-hydrogen) atoms. The zero-order chi connectivity index (χ0) is 19.8. The standard InChI is InChI=1S/C22H31N5O.HI/c1-3-26-12-14-27(15-13-26)17-19-7-5-4-6-18(19)16-24-22(23)25-20-8-10-21(28-2)11-9-20;/h4-11H,3,12-17H2,1-2H3,(H3,23,24,25);1H. The first-order chi connectivity index (χ1) is 13.7. The molecule has 0 atom stereocenters. The summed E-state index contributed by atoms with van der Waals surface area (Å²) in [6.07, 6.45) is 0. The lowest BCUT2D eigenvalue weighted by atomic mass is 10.1. The Morgan fingerprint density at radius 1 is 1.00 bits per heavy atom. The van der Waals surface area contributed by atoms with E-state index < -0.39 is 0 Å². The van der Waals surface area contributed by atoms with Crippen molar-refractivity contribution in [2.45, 2.75) is 20.0 Å². The van der Waals surface area contributed by atoms with Gasteiger partial charge in [0.1, 0.15) is 5.75 Å². The molecule has 3 N–H and O–H groups in total. The number of rotatable bonds is 7. The number of methoxy groups -OCH3 is 1. The van der Waals surface area contributed by atoms with Crippen LogP contribution in [0.4, 0.5) is 5.69 Å². The summed E-state index contributed by atoms with van der Waals surface area (Å²) in [4.78, 5) is 9.56. The third-order valence-electron chi connectivity index (χ3n) is 5.21. The maximum atomic E-state index is 6.08. The molecular weight excluding hydrogens is 477 g/mol. The second-order valence-electron chi connectivity index (χ2n) is 7.03. The van der Waals surface area contributed by atoms with E-state index in [2.05, 4.69) is 51.3 Å². The van der Waals surface area contributed by atoms with E-state index in [9.17, 15) is 0 Å². The topological polar surface area (TPSA) is 66.1 Å². The van der Waals surface area contributed by atoms with E-state index in [1.165, 1.54) is 11.1 Å². The molecule has 6 nitrogen and oxygen atoms in total. The highest BCUT2D eigenvalue weighted by Gasteiger charge is 2.16. The first-order valence-corrected chi connectivity index (χ1v) is 9.90. The lowest BCUT2D eigenvalue weighted by Gasteiger charge is -2.34. The second kappa shape index (κ2) is 12.0. The van der Waals surface area contributed by atoms with Crippen molar-refractivity contribution in [3.05, 3.63) is 59.7 Å². The Morgan fingerprint density at radius 2 is 1.62 bits per heavy atom. The third kappa shape index (κ3) is 7.17. The minimum atomic E-state index is 0. The predicted molar refractivity (Wildman–Crippen MR) is 131 cm³/mol. The molecule has 1 aliphatic heterocycles. The molecule has 1 heterocycles. The highest BCUT2D eigenvalue weighted by molar-refractivity contribution is 14.0.